The maximum Gasteiger partial charge on any atom is 0.214 e. The van der Waals surface area contributed by atoms with Crippen LogP contribution in [0.1, 0.15) is 84.5 Å². The Morgan fingerprint density at radius 1 is 0.760 bits per heavy atom. The van der Waals surface area contributed by atoms with Crippen molar-refractivity contribution < 1.29 is 9.47 Å². The summed E-state index contributed by atoms with van der Waals surface area (Å²) in [6.07, 6.45) is 10.7. The van der Waals surface area contributed by atoms with E-state index in [-0.39, 0.29) is 6.29 Å². The molecule has 0 spiro atoms. The second-order valence-corrected chi connectivity index (χ2v) is 5.96. The summed E-state index contributed by atoms with van der Waals surface area (Å²) in [5.41, 5.74) is 0. The zero-order valence-corrected chi connectivity index (χ0v) is 16.2. The van der Waals surface area contributed by atoms with E-state index in [1.807, 2.05) is 0 Å². The predicted molar refractivity (Wildman–Crippen MR) is 105 cm³/mol. The molecule has 0 amide bonds. The molecule has 0 saturated heterocycles. The molecule has 0 aliphatic heterocycles. The molecule has 0 aromatic heterocycles. The summed E-state index contributed by atoms with van der Waals surface area (Å²) in [6, 6.07) is 0. The molecule has 0 aliphatic carbocycles. The first-order valence-electron chi connectivity index (χ1n) is 9.83. The van der Waals surface area contributed by atoms with E-state index in [1.165, 1.54) is 25.7 Å². The lowest BCUT2D eigenvalue weighted by Crippen LogP contribution is -2.18. The van der Waals surface area contributed by atoms with Crippen molar-refractivity contribution in [2.24, 2.45) is 0 Å². The first-order valence-corrected chi connectivity index (χ1v) is 9.83. The van der Waals surface area contributed by atoms with Crippen LogP contribution in [0.3, 0.4) is 0 Å². The zero-order chi connectivity index (χ0) is 18.4. The van der Waals surface area contributed by atoms with Gasteiger partial charge in [0.15, 0.2) is 6.29 Å². The van der Waals surface area contributed by atoms with E-state index in [1.54, 1.807) is 0 Å². The molecule has 0 fully saturated rings. The molecule has 3 nitrogen and oxygen atoms in total. The molecular weight excluding hydrogens is 310 g/mol. The van der Waals surface area contributed by atoms with Gasteiger partial charge in [-0.2, -0.15) is 0 Å². The molecular formula is C22H35NO2. The third-order valence-corrected chi connectivity index (χ3v) is 3.58. The van der Waals surface area contributed by atoms with Crippen LogP contribution in [0.2, 0.25) is 0 Å². The van der Waals surface area contributed by atoms with Crippen LogP contribution in [0.15, 0.2) is 0 Å². The highest BCUT2D eigenvalue weighted by atomic mass is 16.7. The number of unbranched alkanes of at least 4 members (excludes halogenated alkanes) is 5. The van der Waals surface area contributed by atoms with Gasteiger partial charge in [0.25, 0.3) is 0 Å². The Morgan fingerprint density at radius 2 is 1.28 bits per heavy atom. The van der Waals surface area contributed by atoms with E-state index in [4.69, 9.17) is 16.0 Å². The molecule has 0 unspecified atom stereocenters. The van der Waals surface area contributed by atoms with Crippen LogP contribution in [0.5, 0.6) is 0 Å². The van der Waals surface area contributed by atoms with Crippen molar-refractivity contribution in [3.63, 3.8) is 0 Å². The third-order valence-electron chi connectivity index (χ3n) is 3.58. The molecule has 3 heteroatoms. The molecule has 0 saturated carbocycles. The van der Waals surface area contributed by atoms with Crippen LogP contribution < -0.4 is 0 Å². The highest BCUT2D eigenvalue weighted by Crippen LogP contribution is 2.08. The monoisotopic (exact) mass is 345 g/mol. The summed E-state index contributed by atoms with van der Waals surface area (Å²) in [4.78, 5) is 3.39. The maximum atomic E-state index is 6.83. The topological polar surface area (TPSA) is 22.8 Å². The molecule has 0 radical (unpaired) electrons. The minimum atomic E-state index is -0.194. The van der Waals surface area contributed by atoms with Crippen LogP contribution in [-0.4, -0.2) is 26.0 Å². The molecule has 0 N–H and O–H groups in total. The summed E-state index contributed by atoms with van der Waals surface area (Å²) in [6.45, 7) is 13.0. The van der Waals surface area contributed by atoms with Gasteiger partial charge < -0.3 is 14.3 Å². The van der Waals surface area contributed by atoms with Crippen LogP contribution in [0.25, 0.3) is 4.85 Å². The molecule has 140 valence electrons. The Bertz CT molecular complexity index is 413. The van der Waals surface area contributed by atoms with Gasteiger partial charge in [0, 0.05) is 32.1 Å². The van der Waals surface area contributed by atoms with E-state index in [2.05, 4.69) is 42.4 Å². The highest BCUT2D eigenvalue weighted by molar-refractivity contribution is 4.99. The average molecular weight is 346 g/mol. The van der Waals surface area contributed by atoms with Gasteiger partial charge >= 0.3 is 0 Å². The number of nitrogens with zero attached hydrogens (tertiary/aromatic N) is 1. The molecule has 0 aromatic rings. The highest BCUT2D eigenvalue weighted by Gasteiger charge is 2.09. The van der Waals surface area contributed by atoms with Crippen molar-refractivity contribution in [3.05, 3.63) is 11.4 Å². The van der Waals surface area contributed by atoms with E-state index in [9.17, 15) is 0 Å². The number of hydrogen-bond acceptors (Lipinski definition) is 2. The predicted octanol–water partition coefficient (Wildman–Crippen LogP) is 5.60. The van der Waals surface area contributed by atoms with Crippen molar-refractivity contribution in [2.45, 2.75) is 90.8 Å². The fraction of sp³-hybridized carbons (Fsp3) is 0.773. The molecule has 25 heavy (non-hydrogen) atoms. The smallest absolute Gasteiger partial charge is 0.214 e. The lowest BCUT2D eigenvalue weighted by molar-refractivity contribution is -0.144. The van der Waals surface area contributed by atoms with E-state index < -0.39 is 0 Å². The van der Waals surface area contributed by atoms with E-state index in [0.29, 0.717) is 19.8 Å². The number of hydrogen-bond donors (Lipinski definition) is 0. The average Bonchev–Trinajstić information content (AvgIpc) is 2.63. The Morgan fingerprint density at radius 3 is 1.76 bits per heavy atom. The molecule has 0 bridgehead atoms. The van der Waals surface area contributed by atoms with E-state index >= 15 is 0 Å². The first kappa shape index (κ1) is 23.5. The molecule has 0 atom stereocenters. The molecule has 0 rings (SSSR count). The van der Waals surface area contributed by atoms with Crippen molar-refractivity contribution >= 4 is 0 Å². The van der Waals surface area contributed by atoms with Crippen molar-refractivity contribution in [1.29, 1.82) is 0 Å². The Labute approximate surface area is 155 Å². The Balaban J connectivity index is 3.97. The van der Waals surface area contributed by atoms with Gasteiger partial charge in [-0.25, -0.2) is 6.57 Å². The summed E-state index contributed by atoms with van der Waals surface area (Å²) < 4.78 is 11.6. The summed E-state index contributed by atoms with van der Waals surface area (Å²) >= 11 is 0. The lowest BCUT2D eigenvalue weighted by Gasteiger charge is -2.17. The molecule has 0 aliphatic rings. The second kappa shape index (κ2) is 20.6. The Hall–Kier alpha value is -1.47. The second-order valence-electron chi connectivity index (χ2n) is 5.96. The first-order chi connectivity index (χ1) is 12.3. The standard InChI is InChI=1S/C22H35NO2/c1-4-6-8-10-12-16-20-24-22(18-14-15-19-23-3)25-21-17-13-11-9-7-5-2/h22H,4-9,14-21H2,1-2H3. The molecule has 0 heterocycles. The van der Waals surface area contributed by atoms with Gasteiger partial charge in [0.05, 0.1) is 13.2 Å². The van der Waals surface area contributed by atoms with Crippen LogP contribution in [0.4, 0.5) is 0 Å². The van der Waals surface area contributed by atoms with Gasteiger partial charge in [-0.05, 0) is 25.7 Å². The fourth-order valence-corrected chi connectivity index (χ4v) is 2.08. The van der Waals surface area contributed by atoms with Crippen molar-refractivity contribution in [3.8, 4) is 23.7 Å². The fourth-order valence-electron chi connectivity index (χ4n) is 2.08. The van der Waals surface area contributed by atoms with E-state index in [0.717, 1.165) is 44.9 Å². The van der Waals surface area contributed by atoms with Gasteiger partial charge in [-0.3, -0.25) is 0 Å². The summed E-state index contributed by atoms with van der Waals surface area (Å²) in [5, 5.41) is 0. The minimum Gasteiger partial charge on any atom is -0.352 e. The summed E-state index contributed by atoms with van der Waals surface area (Å²) in [5.74, 6) is 12.7. The normalized spacial score (nSPS) is 9.84. The summed E-state index contributed by atoms with van der Waals surface area (Å²) in [7, 11) is 0. The quantitative estimate of drug-likeness (QED) is 0.177. The number of ether oxygens (including phenoxy) is 2. The van der Waals surface area contributed by atoms with Crippen LogP contribution >= 0.6 is 0 Å². The Kier molecular flexibility index (Phi) is 19.4. The van der Waals surface area contributed by atoms with Gasteiger partial charge in [-0.1, -0.05) is 26.7 Å². The van der Waals surface area contributed by atoms with Crippen LogP contribution in [0, 0.1) is 30.3 Å². The van der Waals surface area contributed by atoms with Crippen molar-refractivity contribution in [2.75, 3.05) is 19.8 Å². The number of rotatable bonds is 14. The van der Waals surface area contributed by atoms with Gasteiger partial charge in [0.2, 0.25) is 6.54 Å². The van der Waals surface area contributed by atoms with Crippen LogP contribution in [-0.2, 0) is 9.47 Å². The molecule has 0 aromatic carbocycles. The van der Waals surface area contributed by atoms with Crippen molar-refractivity contribution in [1.82, 2.24) is 0 Å². The zero-order valence-electron chi connectivity index (χ0n) is 16.2. The third kappa shape index (κ3) is 18.7. The maximum absolute atomic E-state index is 6.83. The minimum absolute atomic E-state index is 0.194. The largest absolute Gasteiger partial charge is 0.352 e. The lowest BCUT2D eigenvalue weighted by atomic mass is 10.2. The SMILES string of the molecule is [C-]#[N+]CCCCC(OCCC#CCCCC)OCCC#CCCCC. The van der Waals surface area contributed by atoms with Gasteiger partial charge in [-0.15, -0.1) is 23.7 Å². The van der Waals surface area contributed by atoms with Gasteiger partial charge in [0.1, 0.15) is 0 Å².